The molecule has 1 aliphatic rings. The van der Waals surface area contributed by atoms with Gasteiger partial charge in [-0.3, -0.25) is 9.69 Å². The third kappa shape index (κ3) is 5.30. The molecule has 170 valence electrons. The lowest BCUT2D eigenvalue weighted by molar-refractivity contribution is -0.122. The zero-order chi connectivity index (χ0) is 24.1. The number of thioether (sulfide) groups is 1. The molecule has 0 aromatic heterocycles. The number of rotatable bonds is 7. The third-order valence-electron chi connectivity index (χ3n) is 5.34. The van der Waals surface area contributed by atoms with Crippen molar-refractivity contribution in [3.8, 4) is 17.6 Å². The molecule has 3 aromatic carbocycles. The van der Waals surface area contributed by atoms with Crippen LogP contribution in [0.1, 0.15) is 27.8 Å². The molecule has 0 atom stereocenters. The first-order valence-electron chi connectivity index (χ1n) is 10.6. The number of carbonyl (C=O) groups is 1. The summed E-state index contributed by atoms with van der Waals surface area (Å²) in [6.45, 7) is 2.72. The average molecular weight is 487 g/mol. The van der Waals surface area contributed by atoms with Gasteiger partial charge < -0.3 is 9.47 Å². The summed E-state index contributed by atoms with van der Waals surface area (Å²) in [7, 11) is 1.57. The topological polar surface area (TPSA) is 62.6 Å². The molecule has 0 N–H and O–H groups in total. The maximum atomic E-state index is 13.0. The lowest BCUT2D eigenvalue weighted by atomic mass is 10.1. The number of nitriles is 1. The highest BCUT2D eigenvalue weighted by Gasteiger charge is 2.32. The van der Waals surface area contributed by atoms with Crippen LogP contribution in [0.15, 0.2) is 71.6 Å². The van der Waals surface area contributed by atoms with Gasteiger partial charge in [0.05, 0.1) is 30.2 Å². The molecule has 7 heteroatoms. The quantitative estimate of drug-likeness (QED) is 0.308. The van der Waals surface area contributed by atoms with E-state index in [0.717, 1.165) is 16.7 Å². The van der Waals surface area contributed by atoms with E-state index >= 15 is 0 Å². The molecular weight excluding hydrogens is 464 g/mol. The molecular formula is C27H22N2O3S2. The molecule has 1 saturated heterocycles. The van der Waals surface area contributed by atoms with Gasteiger partial charge in [-0.25, -0.2) is 0 Å². The van der Waals surface area contributed by atoms with Gasteiger partial charge in [0.25, 0.3) is 5.91 Å². The second-order valence-electron chi connectivity index (χ2n) is 7.72. The number of benzene rings is 3. The van der Waals surface area contributed by atoms with Gasteiger partial charge in [0, 0.05) is 5.56 Å². The largest absolute Gasteiger partial charge is 0.493 e. The van der Waals surface area contributed by atoms with Crippen molar-refractivity contribution in [2.24, 2.45) is 0 Å². The Kier molecular flexibility index (Phi) is 7.31. The van der Waals surface area contributed by atoms with Crippen LogP contribution in [-0.4, -0.2) is 22.2 Å². The highest BCUT2D eigenvalue weighted by Crippen LogP contribution is 2.35. The Morgan fingerprint density at radius 2 is 1.85 bits per heavy atom. The molecule has 1 amide bonds. The number of methoxy groups -OCH3 is 1. The van der Waals surface area contributed by atoms with Crippen molar-refractivity contribution in [3.05, 3.63) is 99.5 Å². The van der Waals surface area contributed by atoms with E-state index in [0.29, 0.717) is 32.8 Å². The van der Waals surface area contributed by atoms with E-state index in [1.807, 2.05) is 67.6 Å². The van der Waals surface area contributed by atoms with Crippen molar-refractivity contribution in [1.29, 1.82) is 5.26 Å². The van der Waals surface area contributed by atoms with E-state index in [1.54, 1.807) is 24.1 Å². The van der Waals surface area contributed by atoms with E-state index in [2.05, 4.69) is 6.07 Å². The van der Waals surface area contributed by atoms with Gasteiger partial charge in [-0.2, -0.15) is 5.26 Å². The van der Waals surface area contributed by atoms with Crippen LogP contribution in [0, 0.1) is 18.3 Å². The summed E-state index contributed by atoms with van der Waals surface area (Å²) in [5.41, 5.74) is 4.38. The Morgan fingerprint density at radius 3 is 2.59 bits per heavy atom. The third-order valence-corrected chi connectivity index (χ3v) is 6.72. The number of nitrogens with zero attached hydrogens (tertiary/aromatic N) is 2. The van der Waals surface area contributed by atoms with Crippen molar-refractivity contribution in [1.82, 2.24) is 4.90 Å². The first-order chi connectivity index (χ1) is 16.5. The van der Waals surface area contributed by atoms with Crippen LogP contribution >= 0.6 is 24.0 Å². The van der Waals surface area contributed by atoms with E-state index in [4.69, 9.17) is 21.7 Å². The molecule has 1 fully saturated rings. The smallest absolute Gasteiger partial charge is 0.266 e. The molecule has 34 heavy (non-hydrogen) atoms. The molecule has 4 rings (SSSR count). The number of amides is 1. The van der Waals surface area contributed by atoms with Crippen molar-refractivity contribution in [2.75, 3.05) is 7.11 Å². The molecule has 0 aliphatic carbocycles. The minimum Gasteiger partial charge on any atom is -0.493 e. The summed E-state index contributed by atoms with van der Waals surface area (Å²) in [4.78, 5) is 15.2. The maximum Gasteiger partial charge on any atom is 0.266 e. The van der Waals surface area contributed by atoms with Crippen LogP contribution in [0.2, 0.25) is 0 Å². The van der Waals surface area contributed by atoms with Crippen LogP contribution in [0.25, 0.3) is 6.08 Å². The Balaban J connectivity index is 1.49. The Morgan fingerprint density at radius 1 is 1.09 bits per heavy atom. The molecule has 1 heterocycles. The number of hydrogen-bond acceptors (Lipinski definition) is 6. The molecule has 5 nitrogen and oxygen atoms in total. The summed E-state index contributed by atoms with van der Waals surface area (Å²) >= 11 is 6.76. The molecule has 0 bridgehead atoms. The first-order valence-corrected chi connectivity index (χ1v) is 11.8. The second kappa shape index (κ2) is 10.6. The zero-order valence-electron chi connectivity index (χ0n) is 18.8. The number of ether oxygens (including phenoxy) is 2. The Labute approximate surface area is 208 Å². The Bertz CT molecular complexity index is 1310. The highest BCUT2D eigenvalue weighted by molar-refractivity contribution is 8.26. The predicted octanol–water partition coefficient (Wildman–Crippen LogP) is 5.86. The molecule has 0 radical (unpaired) electrons. The van der Waals surface area contributed by atoms with Crippen molar-refractivity contribution < 1.29 is 14.3 Å². The van der Waals surface area contributed by atoms with Crippen LogP contribution in [0.3, 0.4) is 0 Å². The minimum atomic E-state index is -0.108. The molecule has 0 unspecified atom stereocenters. The Hall–Kier alpha value is -3.60. The van der Waals surface area contributed by atoms with Gasteiger partial charge in [0.1, 0.15) is 10.9 Å². The molecule has 0 saturated carbocycles. The van der Waals surface area contributed by atoms with Crippen molar-refractivity contribution in [2.45, 2.75) is 20.1 Å². The summed E-state index contributed by atoms with van der Waals surface area (Å²) in [6, 6.07) is 23.0. The standard InChI is InChI=1S/C27H22N2O3S2/c1-18-7-9-19(10-8-18)16-29-26(30)25(34-27(29)33)14-20-11-12-23(24(13-20)31-2)32-17-22-6-4-3-5-21(22)15-28/h3-14H,16-17H2,1-2H3/b25-14-. The van der Waals surface area contributed by atoms with Crippen LogP contribution < -0.4 is 9.47 Å². The number of aryl methyl sites for hydroxylation is 1. The van der Waals surface area contributed by atoms with E-state index < -0.39 is 0 Å². The maximum absolute atomic E-state index is 13.0. The lowest BCUT2D eigenvalue weighted by Crippen LogP contribution is -2.27. The summed E-state index contributed by atoms with van der Waals surface area (Å²) in [5.74, 6) is 0.987. The summed E-state index contributed by atoms with van der Waals surface area (Å²) in [6.07, 6.45) is 1.81. The normalized spacial score (nSPS) is 14.4. The van der Waals surface area contributed by atoms with Gasteiger partial charge >= 0.3 is 0 Å². The van der Waals surface area contributed by atoms with Crippen molar-refractivity contribution >= 4 is 40.3 Å². The molecule has 0 spiro atoms. The van der Waals surface area contributed by atoms with Crippen LogP contribution in [0.4, 0.5) is 0 Å². The average Bonchev–Trinajstić information content (AvgIpc) is 3.11. The number of carbonyl (C=O) groups excluding carboxylic acids is 1. The fraction of sp³-hybridized carbons (Fsp3) is 0.148. The minimum absolute atomic E-state index is 0.108. The zero-order valence-corrected chi connectivity index (χ0v) is 20.4. The predicted molar refractivity (Wildman–Crippen MR) is 138 cm³/mol. The van der Waals surface area contributed by atoms with Crippen LogP contribution in [0.5, 0.6) is 11.5 Å². The first kappa shape index (κ1) is 23.6. The second-order valence-corrected chi connectivity index (χ2v) is 9.40. The summed E-state index contributed by atoms with van der Waals surface area (Å²) in [5, 5.41) is 9.26. The number of hydrogen-bond donors (Lipinski definition) is 0. The fourth-order valence-corrected chi connectivity index (χ4v) is 4.72. The van der Waals surface area contributed by atoms with Gasteiger partial charge in [-0.05, 0) is 42.3 Å². The van der Waals surface area contributed by atoms with Crippen LogP contribution in [-0.2, 0) is 17.9 Å². The van der Waals surface area contributed by atoms with E-state index in [-0.39, 0.29) is 12.5 Å². The molecule has 1 aliphatic heterocycles. The van der Waals surface area contributed by atoms with Gasteiger partial charge in [-0.1, -0.05) is 78.1 Å². The van der Waals surface area contributed by atoms with E-state index in [9.17, 15) is 10.1 Å². The SMILES string of the molecule is COc1cc(/C=C2\SC(=S)N(Cc3ccc(C)cc3)C2=O)ccc1OCc1ccccc1C#N. The van der Waals surface area contributed by atoms with Gasteiger partial charge in [-0.15, -0.1) is 0 Å². The lowest BCUT2D eigenvalue weighted by Gasteiger charge is -2.14. The van der Waals surface area contributed by atoms with E-state index in [1.165, 1.54) is 17.3 Å². The highest BCUT2D eigenvalue weighted by atomic mass is 32.2. The van der Waals surface area contributed by atoms with Gasteiger partial charge in [0.15, 0.2) is 11.5 Å². The number of thiocarbonyl (C=S) groups is 1. The monoisotopic (exact) mass is 486 g/mol. The fourth-order valence-electron chi connectivity index (χ4n) is 3.47. The van der Waals surface area contributed by atoms with Gasteiger partial charge in [0.2, 0.25) is 0 Å². The summed E-state index contributed by atoms with van der Waals surface area (Å²) < 4.78 is 12.0. The van der Waals surface area contributed by atoms with Crippen molar-refractivity contribution in [3.63, 3.8) is 0 Å². The molecule has 3 aromatic rings.